The summed E-state index contributed by atoms with van der Waals surface area (Å²) in [7, 11) is 0. The number of nitrogens with one attached hydrogen (secondary N) is 1. The number of hydrogen-bond acceptors (Lipinski definition) is 8. The number of ether oxygens (including phenoxy) is 2. The van der Waals surface area contributed by atoms with E-state index >= 15 is 4.39 Å². The highest BCUT2D eigenvalue weighted by Crippen LogP contribution is 2.40. The van der Waals surface area contributed by atoms with E-state index in [9.17, 15) is 4.79 Å². The number of likely N-dealkylation sites (tertiary alicyclic amines) is 1. The molecule has 0 spiro atoms. The van der Waals surface area contributed by atoms with Gasteiger partial charge in [0.25, 0.3) is 0 Å². The zero-order valence-corrected chi connectivity index (χ0v) is 28.6. The molecular weight excluding hydrogens is 609 g/mol. The van der Waals surface area contributed by atoms with Crippen LogP contribution in [0.4, 0.5) is 15.0 Å². The zero-order valence-electron chi connectivity index (χ0n) is 28.6. The first kappa shape index (κ1) is 32.6. The molecule has 3 aliphatic rings. The van der Waals surface area contributed by atoms with Crippen molar-refractivity contribution in [1.29, 1.82) is 0 Å². The molecule has 256 valence electrons. The van der Waals surface area contributed by atoms with Crippen molar-refractivity contribution in [3.8, 4) is 17.1 Å². The molecular formula is C37H48FN7O3. The van der Waals surface area contributed by atoms with Crippen LogP contribution in [0.5, 0.6) is 6.01 Å². The molecule has 1 amide bonds. The molecule has 2 unspecified atom stereocenters. The number of anilines is 1. The van der Waals surface area contributed by atoms with Crippen LogP contribution in [0.2, 0.25) is 0 Å². The summed E-state index contributed by atoms with van der Waals surface area (Å²) in [5.41, 5.74) is 8.90. The molecule has 0 aliphatic carbocycles. The second-order valence-corrected chi connectivity index (χ2v) is 14.5. The molecule has 0 radical (unpaired) electrons. The maximum absolute atomic E-state index is 16.9. The molecule has 3 saturated heterocycles. The minimum atomic E-state index is -0.570. The highest BCUT2D eigenvalue weighted by atomic mass is 19.1. The lowest BCUT2D eigenvalue weighted by atomic mass is 9.98. The number of aromatic amines is 1. The number of nitrogens with zero attached hydrogens (tertiary/aromatic N) is 5. The van der Waals surface area contributed by atoms with Crippen molar-refractivity contribution in [1.82, 2.24) is 24.8 Å². The van der Waals surface area contributed by atoms with E-state index in [2.05, 4.69) is 27.8 Å². The van der Waals surface area contributed by atoms with E-state index in [0.717, 1.165) is 73.6 Å². The van der Waals surface area contributed by atoms with Crippen molar-refractivity contribution < 1.29 is 18.7 Å². The Labute approximate surface area is 281 Å². The lowest BCUT2D eigenvalue weighted by Crippen LogP contribution is -2.57. The molecule has 0 saturated carbocycles. The summed E-state index contributed by atoms with van der Waals surface area (Å²) in [5, 5.41) is 1.66. The van der Waals surface area contributed by atoms with Gasteiger partial charge in [-0.3, -0.25) is 9.80 Å². The van der Waals surface area contributed by atoms with Crippen LogP contribution in [0.3, 0.4) is 0 Å². The lowest BCUT2D eigenvalue weighted by Gasteiger charge is -2.42. The van der Waals surface area contributed by atoms with E-state index in [1.807, 2.05) is 56.1 Å². The first-order valence-electron chi connectivity index (χ1n) is 17.6. The molecule has 3 aliphatic heterocycles. The average Bonchev–Trinajstić information content (AvgIpc) is 3.77. The van der Waals surface area contributed by atoms with Crippen molar-refractivity contribution in [2.75, 3.05) is 44.2 Å². The largest absolute Gasteiger partial charge is 0.462 e. The highest BCUT2D eigenvalue weighted by molar-refractivity contribution is 6.01. The van der Waals surface area contributed by atoms with Gasteiger partial charge in [-0.1, -0.05) is 25.1 Å². The Morgan fingerprint density at radius 1 is 1.08 bits per heavy atom. The van der Waals surface area contributed by atoms with Crippen LogP contribution < -0.4 is 15.4 Å². The summed E-state index contributed by atoms with van der Waals surface area (Å²) in [4.78, 5) is 32.7. The van der Waals surface area contributed by atoms with E-state index in [4.69, 9.17) is 25.2 Å². The number of hydrogen-bond donors (Lipinski definition) is 2. The molecule has 2 bridgehead atoms. The molecule has 3 atom stereocenters. The summed E-state index contributed by atoms with van der Waals surface area (Å²) in [6.07, 6.45) is 7.28. The number of halogens is 1. The SMILES string of the molecule is CCc1cccc2[nH]cc(-c3ccc4c(N5CC6CCC(C5)N6C(=O)OC(C)(C)C)nc(OC[C@@H]5CCCN5CCCN)nc4c3F)c12. The number of piperazine rings is 1. The van der Waals surface area contributed by atoms with Gasteiger partial charge in [0.05, 0.1) is 12.1 Å². The number of rotatable bonds is 9. The number of fused-ring (bicyclic) bond motifs is 4. The third-order valence-corrected chi connectivity index (χ3v) is 10.2. The van der Waals surface area contributed by atoms with Crippen LogP contribution in [0.25, 0.3) is 32.9 Å². The fourth-order valence-corrected chi connectivity index (χ4v) is 7.94. The smallest absolute Gasteiger partial charge is 0.410 e. The first-order valence-corrected chi connectivity index (χ1v) is 17.6. The predicted molar refractivity (Wildman–Crippen MR) is 187 cm³/mol. The van der Waals surface area contributed by atoms with Gasteiger partial charge in [-0.15, -0.1) is 0 Å². The van der Waals surface area contributed by atoms with Gasteiger partial charge in [-0.2, -0.15) is 9.97 Å². The number of aromatic nitrogens is 3. The summed E-state index contributed by atoms with van der Waals surface area (Å²) in [6.45, 7) is 12.0. The number of carbonyl (C=O) groups excluding carboxylic acids is 1. The second-order valence-electron chi connectivity index (χ2n) is 14.5. The Hall–Kier alpha value is -3.96. The van der Waals surface area contributed by atoms with Crippen LogP contribution in [0, 0.1) is 5.82 Å². The minimum absolute atomic E-state index is 0.0228. The standard InChI is InChI=1S/C37H48FN7O3/c1-5-23-9-6-11-30-31(23)29(19-40-30)27-14-15-28-33(32(27)38)41-35(47-22-26-10-7-17-43(26)18-8-16-39)42-34(28)44-20-24-12-13-25(21-44)45(24)36(46)48-37(2,3)4/h6,9,11,14-15,19,24-26,40H,5,7-8,10,12-13,16-18,20-22,39H2,1-4H3/t24?,25?,26-/m0/s1. The van der Waals surface area contributed by atoms with E-state index in [1.54, 1.807) is 0 Å². The Morgan fingerprint density at radius 3 is 2.60 bits per heavy atom. The first-order chi connectivity index (χ1) is 23.1. The maximum Gasteiger partial charge on any atom is 0.410 e. The average molecular weight is 658 g/mol. The normalized spacial score (nSPS) is 21.5. The Bertz CT molecular complexity index is 1790. The number of amides is 1. The van der Waals surface area contributed by atoms with E-state index in [-0.39, 0.29) is 35.7 Å². The fourth-order valence-electron chi connectivity index (χ4n) is 7.94. The molecule has 2 aromatic heterocycles. The second kappa shape index (κ2) is 13.2. The molecule has 4 aromatic rings. The van der Waals surface area contributed by atoms with Crippen LogP contribution in [-0.4, -0.2) is 93.9 Å². The van der Waals surface area contributed by atoms with Gasteiger partial charge < -0.3 is 25.1 Å². The minimum Gasteiger partial charge on any atom is -0.462 e. The molecule has 48 heavy (non-hydrogen) atoms. The van der Waals surface area contributed by atoms with Crippen molar-refractivity contribution in [3.63, 3.8) is 0 Å². The third-order valence-electron chi connectivity index (χ3n) is 10.2. The van der Waals surface area contributed by atoms with Crippen LogP contribution >= 0.6 is 0 Å². The predicted octanol–water partition coefficient (Wildman–Crippen LogP) is 6.26. The molecule has 2 aromatic carbocycles. The van der Waals surface area contributed by atoms with Crippen molar-refractivity contribution >= 4 is 33.7 Å². The van der Waals surface area contributed by atoms with Crippen molar-refractivity contribution in [2.24, 2.45) is 5.73 Å². The number of aryl methyl sites for hydroxylation is 1. The van der Waals surface area contributed by atoms with Gasteiger partial charge in [0.15, 0.2) is 5.82 Å². The van der Waals surface area contributed by atoms with Gasteiger partial charge in [0.1, 0.15) is 23.5 Å². The Balaban J connectivity index is 1.26. The highest BCUT2D eigenvalue weighted by Gasteiger charge is 2.45. The molecule has 7 rings (SSSR count). The van der Waals surface area contributed by atoms with Gasteiger partial charge in [-0.25, -0.2) is 9.18 Å². The van der Waals surface area contributed by atoms with E-state index in [1.165, 1.54) is 0 Å². The summed E-state index contributed by atoms with van der Waals surface area (Å²) >= 11 is 0. The number of nitrogens with two attached hydrogens (primary N) is 1. The van der Waals surface area contributed by atoms with Crippen LogP contribution in [0.15, 0.2) is 36.5 Å². The summed E-state index contributed by atoms with van der Waals surface area (Å²) in [6, 6.07) is 10.3. The zero-order chi connectivity index (χ0) is 33.6. The Kier molecular flexibility index (Phi) is 8.93. The number of benzene rings is 2. The van der Waals surface area contributed by atoms with Crippen LogP contribution in [-0.2, 0) is 11.2 Å². The van der Waals surface area contributed by atoms with E-state index < -0.39 is 11.4 Å². The van der Waals surface area contributed by atoms with E-state index in [0.29, 0.717) is 43.0 Å². The molecule has 10 nitrogen and oxygen atoms in total. The summed E-state index contributed by atoms with van der Waals surface area (Å²) in [5.74, 6) is 0.245. The topological polar surface area (TPSA) is 113 Å². The van der Waals surface area contributed by atoms with Crippen molar-refractivity contribution in [2.45, 2.75) is 89.9 Å². The lowest BCUT2D eigenvalue weighted by molar-refractivity contribution is 0.0122. The van der Waals surface area contributed by atoms with Gasteiger partial charge in [0, 0.05) is 52.7 Å². The fraction of sp³-hybridized carbons (Fsp3) is 0.541. The van der Waals surface area contributed by atoms with Crippen LogP contribution in [0.1, 0.15) is 65.4 Å². The number of carbonyl (C=O) groups is 1. The summed E-state index contributed by atoms with van der Waals surface area (Å²) < 4.78 is 29.0. The maximum atomic E-state index is 16.9. The van der Waals surface area contributed by atoms with Gasteiger partial charge >= 0.3 is 12.1 Å². The monoisotopic (exact) mass is 657 g/mol. The third kappa shape index (κ3) is 6.18. The van der Waals surface area contributed by atoms with Gasteiger partial charge in [0.2, 0.25) is 0 Å². The molecule has 5 heterocycles. The number of H-pyrrole nitrogens is 1. The van der Waals surface area contributed by atoms with Gasteiger partial charge in [-0.05, 0) is 96.6 Å². The molecule has 3 N–H and O–H groups in total. The Morgan fingerprint density at radius 2 is 1.88 bits per heavy atom. The quantitative estimate of drug-likeness (QED) is 0.217. The van der Waals surface area contributed by atoms with Crippen molar-refractivity contribution in [3.05, 3.63) is 47.9 Å². The molecule has 3 fully saturated rings. The molecule has 11 heteroatoms.